The zero-order valence-corrected chi connectivity index (χ0v) is 12.2. The van der Waals surface area contributed by atoms with Gasteiger partial charge in [-0.15, -0.1) is 0 Å². The van der Waals surface area contributed by atoms with Crippen LogP contribution in [-0.4, -0.2) is 23.5 Å². The molecule has 4 nitrogen and oxygen atoms in total. The number of ether oxygens (including phenoxy) is 1. The van der Waals surface area contributed by atoms with Gasteiger partial charge in [0.15, 0.2) is 0 Å². The maximum atomic E-state index is 11.8. The van der Waals surface area contributed by atoms with Gasteiger partial charge >= 0.3 is 0 Å². The zero-order valence-electron chi connectivity index (χ0n) is 12.2. The summed E-state index contributed by atoms with van der Waals surface area (Å²) in [7, 11) is 0. The third-order valence-corrected chi connectivity index (χ3v) is 3.81. The molecule has 1 saturated carbocycles. The van der Waals surface area contributed by atoms with E-state index in [0.717, 1.165) is 18.1 Å². The number of aromatic nitrogens is 1. The second-order valence-corrected chi connectivity index (χ2v) is 5.61. The summed E-state index contributed by atoms with van der Waals surface area (Å²) in [5.41, 5.74) is 0. The van der Waals surface area contributed by atoms with Crippen molar-refractivity contribution in [3.05, 3.63) is 24.5 Å². The van der Waals surface area contributed by atoms with Crippen molar-refractivity contribution in [2.24, 2.45) is 5.92 Å². The van der Waals surface area contributed by atoms with Crippen LogP contribution in [0.1, 0.15) is 45.4 Å². The molecule has 0 aliphatic heterocycles. The molecule has 1 aliphatic carbocycles. The number of hydrogen-bond donors (Lipinski definition) is 1. The van der Waals surface area contributed by atoms with Gasteiger partial charge in [-0.1, -0.05) is 25.7 Å². The number of pyridine rings is 1. The molecule has 20 heavy (non-hydrogen) atoms. The first-order valence-electron chi connectivity index (χ1n) is 7.57. The first-order chi connectivity index (χ1) is 9.74. The Morgan fingerprint density at radius 1 is 1.50 bits per heavy atom. The number of amides is 1. The van der Waals surface area contributed by atoms with Gasteiger partial charge in [-0.05, 0) is 31.4 Å². The molecule has 2 rings (SSSR count). The van der Waals surface area contributed by atoms with E-state index in [1.807, 2.05) is 19.1 Å². The number of carbonyl (C=O) groups excluding carboxylic acids is 1. The van der Waals surface area contributed by atoms with E-state index >= 15 is 0 Å². The molecule has 0 unspecified atom stereocenters. The van der Waals surface area contributed by atoms with Gasteiger partial charge in [-0.25, -0.2) is 0 Å². The van der Waals surface area contributed by atoms with E-state index in [4.69, 9.17) is 4.74 Å². The highest BCUT2D eigenvalue weighted by atomic mass is 16.5. The molecule has 1 aromatic rings. The highest BCUT2D eigenvalue weighted by Gasteiger charge is 2.16. The van der Waals surface area contributed by atoms with Gasteiger partial charge in [0.25, 0.3) is 0 Å². The molecule has 1 fully saturated rings. The molecule has 1 aliphatic rings. The standard InChI is InChI=1S/C16H24N2O2/c1-13(20-15-7-4-10-17-12-15)11-18-16(19)9-8-14-5-2-3-6-14/h4,7,10,12-14H,2-3,5-6,8-9,11H2,1H3,(H,18,19)/t13-/m0/s1. The number of nitrogens with one attached hydrogen (secondary N) is 1. The van der Waals surface area contributed by atoms with Crippen LogP contribution in [-0.2, 0) is 4.79 Å². The Bertz CT molecular complexity index is 402. The summed E-state index contributed by atoms with van der Waals surface area (Å²) in [5.74, 6) is 1.64. The summed E-state index contributed by atoms with van der Waals surface area (Å²) in [5, 5.41) is 2.94. The molecule has 1 amide bonds. The second kappa shape index (κ2) is 7.88. The van der Waals surface area contributed by atoms with Gasteiger partial charge in [0.05, 0.1) is 12.7 Å². The van der Waals surface area contributed by atoms with Gasteiger partial charge in [0.1, 0.15) is 11.9 Å². The van der Waals surface area contributed by atoms with Gasteiger partial charge in [-0.2, -0.15) is 0 Å². The van der Waals surface area contributed by atoms with Gasteiger partial charge in [-0.3, -0.25) is 9.78 Å². The van der Waals surface area contributed by atoms with E-state index in [1.54, 1.807) is 12.4 Å². The topological polar surface area (TPSA) is 51.2 Å². The molecule has 1 aromatic heterocycles. The van der Waals surface area contributed by atoms with Crippen molar-refractivity contribution in [3.8, 4) is 5.75 Å². The fourth-order valence-electron chi connectivity index (χ4n) is 2.67. The van der Waals surface area contributed by atoms with Gasteiger partial charge < -0.3 is 10.1 Å². The molecule has 0 spiro atoms. The lowest BCUT2D eigenvalue weighted by Gasteiger charge is -2.15. The maximum Gasteiger partial charge on any atom is 0.220 e. The van der Waals surface area contributed by atoms with Crippen LogP contribution in [0.4, 0.5) is 0 Å². The van der Waals surface area contributed by atoms with Crippen LogP contribution in [0, 0.1) is 5.92 Å². The Kier molecular flexibility index (Phi) is 5.84. The average molecular weight is 276 g/mol. The van der Waals surface area contributed by atoms with Crippen molar-refractivity contribution in [2.75, 3.05) is 6.54 Å². The molecule has 0 saturated heterocycles. The van der Waals surface area contributed by atoms with Crippen LogP contribution < -0.4 is 10.1 Å². The summed E-state index contributed by atoms with van der Waals surface area (Å²) < 4.78 is 5.67. The van der Waals surface area contributed by atoms with E-state index < -0.39 is 0 Å². The third kappa shape index (κ3) is 5.19. The normalized spacial score (nSPS) is 16.9. The van der Waals surface area contributed by atoms with Crippen molar-refractivity contribution in [3.63, 3.8) is 0 Å². The fraction of sp³-hybridized carbons (Fsp3) is 0.625. The minimum atomic E-state index is -0.0466. The van der Waals surface area contributed by atoms with Crippen molar-refractivity contribution < 1.29 is 9.53 Å². The quantitative estimate of drug-likeness (QED) is 0.833. The molecular weight excluding hydrogens is 252 g/mol. The summed E-state index contributed by atoms with van der Waals surface area (Å²) in [6.07, 6.45) is 10.3. The number of carbonyl (C=O) groups is 1. The molecular formula is C16H24N2O2. The van der Waals surface area contributed by atoms with E-state index in [0.29, 0.717) is 13.0 Å². The first-order valence-corrected chi connectivity index (χ1v) is 7.57. The first kappa shape index (κ1) is 14.8. The van der Waals surface area contributed by atoms with Crippen LogP contribution in [0.25, 0.3) is 0 Å². The minimum absolute atomic E-state index is 0.0466. The molecule has 110 valence electrons. The van der Waals surface area contributed by atoms with Crippen LogP contribution in [0.3, 0.4) is 0 Å². The number of rotatable bonds is 7. The molecule has 1 heterocycles. The Morgan fingerprint density at radius 2 is 2.30 bits per heavy atom. The smallest absolute Gasteiger partial charge is 0.220 e. The monoisotopic (exact) mass is 276 g/mol. The predicted molar refractivity (Wildman–Crippen MR) is 78.5 cm³/mol. The van der Waals surface area contributed by atoms with Gasteiger partial charge in [0.2, 0.25) is 5.91 Å². The highest BCUT2D eigenvalue weighted by Crippen LogP contribution is 2.28. The Hall–Kier alpha value is -1.58. The zero-order chi connectivity index (χ0) is 14.2. The molecule has 1 atom stereocenters. The summed E-state index contributed by atoms with van der Waals surface area (Å²) in [6.45, 7) is 2.49. The van der Waals surface area contributed by atoms with E-state index in [1.165, 1.54) is 25.7 Å². The Balaban J connectivity index is 1.60. The van der Waals surface area contributed by atoms with Crippen molar-refractivity contribution in [1.82, 2.24) is 10.3 Å². The third-order valence-electron chi connectivity index (χ3n) is 3.81. The molecule has 4 heteroatoms. The summed E-state index contributed by atoms with van der Waals surface area (Å²) >= 11 is 0. The lowest BCUT2D eigenvalue weighted by molar-refractivity contribution is -0.121. The van der Waals surface area contributed by atoms with Gasteiger partial charge in [0, 0.05) is 12.6 Å². The average Bonchev–Trinajstić information content (AvgIpc) is 2.97. The largest absolute Gasteiger partial charge is 0.487 e. The Morgan fingerprint density at radius 3 is 3.00 bits per heavy atom. The number of nitrogens with zero attached hydrogens (tertiary/aromatic N) is 1. The fourth-order valence-corrected chi connectivity index (χ4v) is 2.67. The molecule has 0 aromatic carbocycles. The van der Waals surface area contributed by atoms with Crippen LogP contribution >= 0.6 is 0 Å². The molecule has 0 radical (unpaired) electrons. The van der Waals surface area contributed by atoms with Crippen LogP contribution in [0.15, 0.2) is 24.5 Å². The maximum absolute atomic E-state index is 11.8. The molecule has 1 N–H and O–H groups in total. The lowest BCUT2D eigenvalue weighted by Crippen LogP contribution is -2.33. The predicted octanol–water partition coefficient (Wildman–Crippen LogP) is 2.94. The second-order valence-electron chi connectivity index (χ2n) is 5.61. The minimum Gasteiger partial charge on any atom is -0.487 e. The van der Waals surface area contributed by atoms with E-state index in [2.05, 4.69) is 10.3 Å². The van der Waals surface area contributed by atoms with Crippen molar-refractivity contribution >= 4 is 5.91 Å². The molecule has 0 bridgehead atoms. The Labute approximate surface area is 120 Å². The summed E-state index contributed by atoms with van der Waals surface area (Å²) in [6, 6.07) is 3.70. The van der Waals surface area contributed by atoms with Crippen molar-refractivity contribution in [2.45, 2.75) is 51.6 Å². The van der Waals surface area contributed by atoms with Crippen LogP contribution in [0.2, 0.25) is 0 Å². The number of hydrogen-bond acceptors (Lipinski definition) is 3. The SMILES string of the molecule is C[C@@H](CNC(=O)CCC1CCCC1)Oc1cccnc1. The van der Waals surface area contributed by atoms with Crippen molar-refractivity contribution in [1.29, 1.82) is 0 Å². The lowest BCUT2D eigenvalue weighted by atomic mass is 10.0. The van der Waals surface area contributed by atoms with E-state index in [-0.39, 0.29) is 12.0 Å². The summed E-state index contributed by atoms with van der Waals surface area (Å²) in [4.78, 5) is 15.8. The van der Waals surface area contributed by atoms with E-state index in [9.17, 15) is 4.79 Å². The van der Waals surface area contributed by atoms with Crippen LogP contribution in [0.5, 0.6) is 5.75 Å². The highest BCUT2D eigenvalue weighted by molar-refractivity contribution is 5.75.